The Morgan fingerprint density at radius 3 is 1.35 bits per heavy atom. The molecule has 0 heterocycles. The quantitative estimate of drug-likeness (QED) is 0.495. The molecule has 0 aliphatic heterocycles. The molecule has 0 amide bonds. The third kappa shape index (κ3) is 6.69. The molecule has 0 aliphatic rings. The van der Waals surface area contributed by atoms with Gasteiger partial charge in [0.15, 0.2) is 0 Å². The topological polar surface area (TPSA) is 0 Å². The summed E-state index contributed by atoms with van der Waals surface area (Å²) in [5.74, 6) is 3.37. The van der Waals surface area contributed by atoms with E-state index in [1.807, 2.05) is 0 Å². The van der Waals surface area contributed by atoms with Crippen molar-refractivity contribution < 1.29 is 0 Å². The summed E-state index contributed by atoms with van der Waals surface area (Å²) in [5, 5.41) is 0. The fraction of sp³-hybridized carbons (Fsp3) is 1.00. The normalized spacial score (nSPS) is 16.4. The van der Waals surface area contributed by atoms with E-state index in [4.69, 9.17) is 0 Å². The second kappa shape index (κ2) is 7.01. The first-order valence-electron chi connectivity index (χ1n) is 7.56. The average molecular weight is 254 g/mol. The number of hydrogen-bond acceptors (Lipinski definition) is 0. The van der Waals surface area contributed by atoms with E-state index >= 15 is 0 Å². The second-order valence-electron chi connectivity index (χ2n) is 7.97. The first-order valence-corrected chi connectivity index (χ1v) is 11.3. The summed E-state index contributed by atoms with van der Waals surface area (Å²) in [6, 6.07) is 1.49. The van der Waals surface area contributed by atoms with E-state index in [0.29, 0.717) is 0 Å². The third-order valence-corrected chi connectivity index (χ3v) is 6.47. The Morgan fingerprint density at radius 2 is 1.12 bits per heavy atom. The van der Waals surface area contributed by atoms with Crippen molar-refractivity contribution in [2.24, 2.45) is 11.8 Å². The molecule has 102 valence electrons. The van der Waals surface area contributed by atoms with Crippen LogP contribution in [0, 0.1) is 11.8 Å². The monoisotopic (exact) mass is 254 g/mol. The third-order valence-electron chi connectivity index (χ3n) is 4.68. The lowest BCUT2D eigenvalue weighted by Gasteiger charge is -2.33. The Hall–Kier alpha value is 0.282. The van der Waals surface area contributed by atoms with Gasteiger partial charge in [-0.2, -0.15) is 0 Å². The Labute approximate surface area is 112 Å². The van der Waals surface area contributed by atoms with Crippen LogP contribution >= 0.6 is 0 Å². The zero-order chi connectivity index (χ0) is 13.8. The van der Waals surface area contributed by atoms with Gasteiger partial charge in [-0.1, -0.05) is 97.0 Å². The molecule has 0 fully saturated rings. The van der Waals surface area contributed by atoms with Gasteiger partial charge < -0.3 is 0 Å². The Balaban J connectivity index is 4.62. The molecular formula is C15H35BSi. The lowest BCUT2D eigenvalue weighted by Crippen LogP contribution is -2.32. The van der Waals surface area contributed by atoms with E-state index in [1.165, 1.54) is 12.4 Å². The van der Waals surface area contributed by atoms with Gasteiger partial charge in [0.25, 0.3) is 0 Å². The van der Waals surface area contributed by atoms with Gasteiger partial charge >= 0.3 is 0 Å². The van der Waals surface area contributed by atoms with Crippen LogP contribution in [0.15, 0.2) is 0 Å². The average Bonchev–Trinajstić information content (AvgIpc) is 2.15. The molecule has 0 aliphatic carbocycles. The maximum atomic E-state index is 2.50. The standard InChI is InChI=1S/C15H35BSi/c1-12(2)14(5)16(15(6)13(3)4)10-11-17(7,8)9/h12-15H,10-11H2,1-9H3. The molecule has 0 N–H and O–H groups in total. The zero-order valence-electron chi connectivity index (χ0n) is 13.8. The van der Waals surface area contributed by atoms with Gasteiger partial charge in [-0.25, -0.2) is 0 Å². The molecule has 17 heavy (non-hydrogen) atoms. The van der Waals surface area contributed by atoms with Crippen molar-refractivity contribution in [3.05, 3.63) is 0 Å². The predicted molar refractivity (Wildman–Crippen MR) is 87.2 cm³/mol. The van der Waals surface area contributed by atoms with Gasteiger partial charge in [-0.3, -0.25) is 0 Å². The molecule has 2 unspecified atom stereocenters. The highest BCUT2D eigenvalue weighted by molar-refractivity contribution is 6.77. The fourth-order valence-corrected chi connectivity index (χ4v) is 3.79. The summed E-state index contributed by atoms with van der Waals surface area (Å²) in [7, 11) is -0.881. The molecular weight excluding hydrogens is 219 g/mol. The molecule has 2 heteroatoms. The van der Waals surface area contributed by atoms with Gasteiger partial charge in [0.2, 0.25) is 0 Å². The van der Waals surface area contributed by atoms with Crippen molar-refractivity contribution in [1.29, 1.82) is 0 Å². The van der Waals surface area contributed by atoms with Crippen LogP contribution in [0.3, 0.4) is 0 Å². The zero-order valence-corrected chi connectivity index (χ0v) is 14.8. The van der Waals surface area contributed by atoms with Crippen molar-refractivity contribution in [1.82, 2.24) is 0 Å². The Kier molecular flexibility index (Phi) is 7.13. The van der Waals surface area contributed by atoms with Gasteiger partial charge in [-0.15, -0.1) is 0 Å². The summed E-state index contributed by atoms with van der Waals surface area (Å²) < 4.78 is 0. The SMILES string of the molecule is CC(C)C(C)B(CC[Si](C)(C)C)C(C)C(C)C. The predicted octanol–water partition coefficient (Wildman–Crippen LogP) is 5.91. The van der Waals surface area contributed by atoms with E-state index in [-0.39, 0.29) is 0 Å². The molecule has 0 aromatic heterocycles. The van der Waals surface area contributed by atoms with E-state index in [1.54, 1.807) is 0 Å². The van der Waals surface area contributed by atoms with Crippen LogP contribution in [0.1, 0.15) is 41.5 Å². The number of rotatable bonds is 7. The molecule has 0 aromatic rings. The minimum atomic E-state index is -0.881. The molecule has 0 radical (unpaired) electrons. The minimum absolute atomic E-state index is 0.822. The van der Waals surface area contributed by atoms with Crippen LogP contribution in [0.4, 0.5) is 0 Å². The maximum absolute atomic E-state index is 2.50. The first kappa shape index (κ1) is 17.3. The number of hydrogen-bond donors (Lipinski definition) is 0. The van der Waals surface area contributed by atoms with Gasteiger partial charge in [0.05, 0.1) is 0 Å². The second-order valence-corrected chi connectivity index (χ2v) is 13.6. The van der Waals surface area contributed by atoms with Crippen LogP contribution in [-0.2, 0) is 0 Å². The summed E-state index contributed by atoms with van der Waals surface area (Å²) in [6.07, 6.45) is 1.45. The molecule has 0 rings (SSSR count). The van der Waals surface area contributed by atoms with E-state index in [0.717, 1.165) is 30.2 Å². The lowest BCUT2D eigenvalue weighted by molar-refractivity contribution is 0.560. The summed E-state index contributed by atoms with van der Waals surface area (Å²) >= 11 is 0. The van der Waals surface area contributed by atoms with Crippen molar-refractivity contribution >= 4 is 14.8 Å². The summed E-state index contributed by atoms with van der Waals surface area (Å²) in [4.78, 5) is 0. The van der Waals surface area contributed by atoms with Crippen LogP contribution < -0.4 is 0 Å². The summed E-state index contributed by atoms with van der Waals surface area (Å²) in [5.41, 5.74) is 0. The first-order chi connectivity index (χ1) is 7.56. The van der Waals surface area contributed by atoms with Gasteiger partial charge in [-0.05, 0) is 0 Å². The highest BCUT2D eigenvalue weighted by Gasteiger charge is 2.32. The smallest absolute Gasteiger partial charge is 0.0761 e. The molecule has 0 aromatic carbocycles. The van der Waals surface area contributed by atoms with Crippen molar-refractivity contribution in [2.45, 2.75) is 85.2 Å². The fourth-order valence-electron chi connectivity index (χ4n) is 2.59. The molecule has 0 saturated carbocycles. The van der Waals surface area contributed by atoms with Crippen molar-refractivity contribution in [3.8, 4) is 0 Å². The highest BCUT2D eigenvalue weighted by atomic mass is 28.3. The van der Waals surface area contributed by atoms with Crippen LogP contribution in [0.25, 0.3) is 0 Å². The van der Waals surface area contributed by atoms with E-state index < -0.39 is 8.07 Å². The Morgan fingerprint density at radius 1 is 0.765 bits per heavy atom. The molecule has 2 atom stereocenters. The molecule has 0 saturated heterocycles. The molecule has 0 spiro atoms. The largest absolute Gasteiger partial charge is 0.146 e. The van der Waals surface area contributed by atoms with Crippen LogP contribution in [0.2, 0.25) is 43.6 Å². The van der Waals surface area contributed by atoms with Gasteiger partial charge in [0.1, 0.15) is 6.71 Å². The lowest BCUT2D eigenvalue weighted by atomic mass is 9.30. The van der Waals surface area contributed by atoms with Crippen molar-refractivity contribution in [2.75, 3.05) is 0 Å². The van der Waals surface area contributed by atoms with E-state index in [2.05, 4.69) is 61.2 Å². The Bertz CT molecular complexity index is 191. The highest BCUT2D eigenvalue weighted by Crippen LogP contribution is 2.36. The summed E-state index contributed by atoms with van der Waals surface area (Å²) in [6.45, 7) is 22.9. The van der Waals surface area contributed by atoms with Crippen molar-refractivity contribution in [3.63, 3.8) is 0 Å². The maximum Gasteiger partial charge on any atom is 0.146 e. The van der Waals surface area contributed by atoms with Crippen LogP contribution in [0.5, 0.6) is 0 Å². The van der Waals surface area contributed by atoms with E-state index in [9.17, 15) is 0 Å². The van der Waals surface area contributed by atoms with Crippen LogP contribution in [-0.4, -0.2) is 14.8 Å². The van der Waals surface area contributed by atoms with Gasteiger partial charge in [0, 0.05) is 8.07 Å². The molecule has 0 bridgehead atoms. The minimum Gasteiger partial charge on any atom is -0.0761 e. The molecule has 0 nitrogen and oxygen atoms in total.